The molecule has 0 unspecified atom stereocenters. The Morgan fingerprint density at radius 2 is 0.778 bits per heavy atom. The van der Waals surface area contributed by atoms with E-state index in [9.17, 15) is 0 Å². The zero-order valence-electron chi connectivity index (χ0n) is 24.3. The number of hydrogen-bond donors (Lipinski definition) is 0. The van der Waals surface area contributed by atoms with Gasteiger partial charge in [0.15, 0.2) is 5.82 Å². The van der Waals surface area contributed by atoms with Crippen LogP contribution in [0.5, 0.6) is 0 Å². The fourth-order valence-electron chi connectivity index (χ4n) is 5.57. The Morgan fingerprint density at radius 1 is 0.333 bits per heavy atom. The molecule has 2 heterocycles. The summed E-state index contributed by atoms with van der Waals surface area (Å²) >= 11 is 1.73. The average Bonchev–Trinajstić information content (AvgIpc) is 3.57. The van der Waals surface area contributed by atoms with E-state index < -0.39 is 0 Å². The fraction of sp³-hybridized carbons (Fsp3) is 0. The lowest BCUT2D eigenvalue weighted by molar-refractivity contribution is 1.18. The van der Waals surface area contributed by atoms with Gasteiger partial charge in [0, 0.05) is 22.3 Å². The molecule has 6 aromatic carbocycles. The highest BCUT2D eigenvalue weighted by molar-refractivity contribution is 7.21. The summed E-state index contributed by atoms with van der Waals surface area (Å²) in [4.78, 5) is 15.0. The van der Waals surface area contributed by atoms with Gasteiger partial charge < -0.3 is 0 Å². The number of hydrogen-bond acceptors (Lipinski definition) is 4. The van der Waals surface area contributed by atoms with E-state index in [-0.39, 0.29) is 0 Å². The van der Waals surface area contributed by atoms with Gasteiger partial charge in [-0.05, 0) is 40.5 Å². The molecule has 0 saturated carbocycles. The maximum Gasteiger partial charge on any atom is 0.160 e. The number of benzene rings is 6. The first kappa shape index (κ1) is 26.9. The van der Waals surface area contributed by atoms with Crippen LogP contribution >= 0.6 is 11.3 Å². The molecule has 0 amide bonds. The van der Waals surface area contributed by atoms with Crippen molar-refractivity contribution in [3.8, 4) is 66.7 Å². The summed E-state index contributed by atoms with van der Waals surface area (Å²) in [6.07, 6.45) is 0. The predicted octanol–water partition coefficient (Wildman–Crippen LogP) is 11.1. The number of nitrogens with zero attached hydrogens (tertiary/aromatic N) is 3. The van der Waals surface area contributed by atoms with E-state index in [4.69, 9.17) is 15.0 Å². The van der Waals surface area contributed by atoms with Gasteiger partial charge in [0.1, 0.15) is 5.01 Å². The topological polar surface area (TPSA) is 38.7 Å². The monoisotopic (exact) mass is 593 g/mol. The van der Waals surface area contributed by atoms with E-state index in [0.29, 0.717) is 5.82 Å². The van der Waals surface area contributed by atoms with E-state index in [1.54, 1.807) is 11.3 Å². The van der Waals surface area contributed by atoms with E-state index in [0.717, 1.165) is 55.3 Å². The normalized spacial score (nSPS) is 11.1. The summed E-state index contributed by atoms with van der Waals surface area (Å²) in [5.41, 5.74) is 11.7. The summed E-state index contributed by atoms with van der Waals surface area (Å²) in [5.74, 6) is 0.711. The maximum absolute atomic E-state index is 5.02. The minimum Gasteiger partial charge on any atom is -0.236 e. The Hall–Kier alpha value is -5.71. The molecule has 45 heavy (non-hydrogen) atoms. The van der Waals surface area contributed by atoms with Crippen molar-refractivity contribution >= 4 is 21.6 Å². The molecule has 4 heteroatoms. The summed E-state index contributed by atoms with van der Waals surface area (Å²) in [5, 5.41) is 1.04. The molecule has 8 aromatic rings. The van der Waals surface area contributed by atoms with Crippen LogP contribution in [-0.2, 0) is 0 Å². The molecule has 8 rings (SSSR count). The Bertz CT molecular complexity index is 2220. The predicted molar refractivity (Wildman–Crippen MR) is 188 cm³/mol. The second-order valence-electron chi connectivity index (χ2n) is 10.9. The molecule has 0 aliphatic carbocycles. The van der Waals surface area contributed by atoms with Crippen molar-refractivity contribution in [1.29, 1.82) is 0 Å². The Labute approximate surface area is 266 Å². The van der Waals surface area contributed by atoms with Gasteiger partial charge in [-0.1, -0.05) is 146 Å². The second kappa shape index (κ2) is 11.8. The molecule has 0 fully saturated rings. The third-order valence-electron chi connectivity index (χ3n) is 7.97. The molecule has 0 saturated heterocycles. The van der Waals surface area contributed by atoms with Crippen LogP contribution in [-0.4, -0.2) is 15.0 Å². The van der Waals surface area contributed by atoms with Gasteiger partial charge in [-0.3, -0.25) is 0 Å². The molecule has 0 spiro atoms. The zero-order chi connectivity index (χ0) is 30.0. The van der Waals surface area contributed by atoms with Crippen LogP contribution in [0.2, 0.25) is 0 Å². The third kappa shape index (κ3) is 5.55. The molecule has 0 aliphatic rings. The first-order valence-electron chi connectivity index (χ1n) is 14.9. The van der Waals surface area contributed by atoms with Crippen molar-refractivity contribution in [3.63, 3.8) is 0 Å². The molecule has 0 radical (unpaired) electrons. The molecule has 212 valence electrons. The first-order valence-corrected chi connectivity index (χ1v) is 15.8. The minimum absolute atomic E-state index is 0.711. The van der Waals surface area contributed by atoms with Crippen LogP contribution < -0.4 is 0 Å². The van der Waals surface area contributed by atoms with Gasteiger partial charge in [-0.25, -0.2) is 15.0 Å². The van der Waals surface area contributed by atoms with Crippen LogP contribution in [0.1, 0.15) is 0 Å². The lowest BCUT2D eigenvalue weighted by Crippen LogP contribution is -1.96. The van der Waals surface area contributed by atoms with Crippen molar-refractivity contribution in [1.82, 2.24) is 15.0 Å². The van der Waals surface area contributed by atoms with Crippen molar-refractivity contribution in [2.45, 2.75) is 0 Å². The van der Waals surface area contributed by atoms with E-state index >= 15 is 0 Å². The van der Waals surface area contributed by atoms with E-state index in [1.165, 1.54) is 15.8 Å². The van der Waals surface area contributed by atoms with Gasteiger partial charge in [0.25, 0.3) is 0 Å². The van der Waals surface area contributed by atoms with Gasteiger partial charge in [-0.15, -0.1) is 11.3 Å². The smallest absolute Gasteiger partial charge is 0.160 e. The molecular weight excluding hydrogens is 567 g/mol. The fourth-order valence-corrected chi connectivity index (χ4v) is 6.52. The summed E-state index contributed by atoms with van der Waals surface area (Å²) in [7, 11) is 0. The quantitative estimate of drug-likeness (QED) is 0.192. The van der Waals surface area contributed by atoms with Gasteiger partial charge in [0.05, 0.1) is 21.6 Å². The summed E-state index contributed by atoms with van der Waals surface area (Å²) in [6.45, 7) is 0. The van der Waals surface area contributed by atoms with Gasteiger partial charge >= 0.3 is 0 Å². The SMILES string of the molecule is c1ccc(-c2ccc(-c3cc(-c4ccc(-c5ccc6sc(-c7ccccc7)nc6c5)cc4)nc(-c4ccccc4)n3)cc2)cc1. The number of fused-ring (bicyclic) bond motifs is 1. The van der Waals surface area contributed by atoms with Crippen molar-refractivity contribution in [3.05, 3.63) is 164 Å². The molecule has 0 atom stereocenters. The average molecular weight is 594 g/mol. The summed E-state index contributed by atoms with van der Waals surface area (Å²) in [6, 6.07) is 56.8. The Kier molecular flexibility index (Phi) is 7.02. The molecule has 0 N–H and O–H groups in total. The first-order chi connectivity index (χ1) is 22.3. The number of thiazole rings is 1. The second-order valence-corrected chi connectivity index (χ2v) is 11.9. The van der Waals surface area contributed by atoms with Gasteiger partial charge in [0.2, 0.25) is 0 Å². The molecular formula is C41H27N3S. The van der Waals surface area contributed by atoms with Crippen molar-refractivity contribution in [2.75, 3.05) is 0 Å². The highest BCUT2D eigenvalue weighted by Gasteiger charge is 2.12. The van der Waals surface area contributed by atoms with E-state index in [1.807, 2.05) is 30.3 Å². The number of aromatic nitrogens is 3. The molecule has 3 nitrogen and oxygen atoms in total. The largest absolute Gasteiger partial charge is 0.236 e. The molecule has 0 bridgehead atoms. The highest BCUT2D eigenvalue weighted by Crippen LogP contribution is 2.34. The van der Waals surface area contributed by atoms with Crippen LogP contribution in [0.4, 0.5) is 0 Å². The van der Waals surface area contributed by atoms with Crippen LogP contribution in [0.15, 0.2) is 164 Å². The highest BCUT2D eigenvalue weighted by atomic mass is 32.1. The maximum atomic E-state index is 5.02. The van der Waals surface area contributed by atoms with Gasteiger partial charge in [-0.2, -0.15) is 0 Å². The van der Waals surface area contributed by atoms with E-state index in [2.05, 4.69) is 133 Å². The van der Waals surface area contributed by atoms with Crippen molar-refractivity contribution < 1.29 is 0 Å². The minimum atomic E-state index is 0.711. The Morgan fingerprint density at radius 3 is 1.36 bits per heavy atom. The van der Waals surface area contributed by atoms with Crippen LogP contribution in [0.25, 0.3) is 76.9 Å². The van der Waals surface area contributed by atoms with Crippen molar-refractivity contribution in [2.24, 2.45) is 0 Å². The third-order valence-corrected chi connectivity index (χ3v) is 9.05. The molecule has 2 aromatic heterocycles. The number of rotatable bonds is 6. The molecule has 0 aliphatic heterocycles. The lowest BCUT2D eigenvalue weighted by Gasteiger charge is -2.11. The zero-order valence-corrected chi connectivity index (χ0v) is 25.2. The summed E-state index contributed by atoms with van der Waals surface area (Å²) < 4.78 is 1.19. The van der Waals surface area contributed by atoms with Crippen LogP contribution in [0, 0.1) is 0 Å². The van der Waals surface area contributed by atoms with Crippen LogP contribution in [0.3, 0.4) is 0 Å². The lowest BCUT2D eigenvalue weighted by atomic mass is 10.0. The standard InChI is InChI=1S/C41H27N3S/c1-4-10-28(11-5-1)29-16-20-31(21-17-29)36-27-37(43-40(42-36)33-12-6-2-7-13-33)32-22-18-30(19-23-32)35-24-25-39-38(26-35)44-41(45-39)34-14-8-3-9-15-34/h1-27H. The Balaban J connectivity index is 1.14.